The number of benzene rings is 2. The van der Waals surface area contributed by atoms with Crippen molar-refractivity contribution in [3.05, 3.63) is 53.7 Å². The lowest BCUT2D eigenvalue weighted by Crippen LogP contribution is -2.41. The Kier molecular flexibility index (Phi) is 5.93. The number of fused-ring (bicyclic) bond motifs is 1. The summed E-state index contributed by atoms with van der Waals surface area (Å²) in [5.41, 5.74) is 1.68. The van der Waals surface area contributed by atoms with Crippen LogP contribution in [0.2, 0.25) is 0 Å². The highest BCUT2D eigenvalue weighted by Crippen LogP contribution is 2.39. The van der Waals surface area contributed by atoms with Crippen LogP contribution >= 0.6 is 0 Å². The Hall–Kier alpha value is -2.97. The van der Waals surface area contributed by atoms with E-state index in [9.17, 15) is 4.79 Å². The summed E-state index contributed by atoms with van der Waals surface area (Å²) in [6.07, 6.45) is 0. The summed E-state index contributed by atoms with van der Waals surface area (Å²) in [5, 5.41) is 0.780. The summed E-state index contributed by atoms with van der Waals surface area (Å²) in [6, 6.07) is 13.7. The van der Waals surface area contributed by atoms with Crippen molar-refractivity contribution in [3.63, 3.8) is 0 Å². The van der Waals surface area contributed by atoms with E-state index in [2.05, 4.69) is 0 Å². The minimum atomic E-state index is -0.762. The van der Waals surface area contributed by atoms with Gasteiger partial charge < -0.3 is 28.1 Å². The summed E-state index contributed by atoms with van der Waals surface area (Å²) in [4.78, 5) is 13.2. The Morgan fingerprint density at radius 2 is 1.52 bits per heavy atom. The van der Waals surface area contributed by atoms with Crippen molar-refractivity contribution in [3.8, 4) is 11.5 Å². The van der Waals surface area contributed by atoms with E-state index in [-0.39, 0.29) is 0 Å². The summed E-state index contributed by atoms with van der Waals surface area (Å²) in [5.74, 6) is 0.648. The summed E-state index contributed by atoms with van der Waals surface area (Å²) < 4.78 is 31.0. The second-order valence-electron chi connectivity index (χ2n) is 9.14. The number of hydrogen-bond donors (Lipinski definition) is 0. The van der Waals surface area contributed by atoms with E-state index >= 15 is 0 Å². The third-order valence-corrected chi connectivity index (χ3v) is 6.66. The van der Waals surface area contributed by atoms with E-state index in [1.54, 1.807) is 14.2 Å². The van der Waals surface area contributed by atoms with Crippen molar-refractivity contribution >= 4 is 29.5 Å². The minimum absolute atomic E-state index is 0.380. The van der Waals surface area contributed by atoms with Gasteiger partial charge in [-0.25, -0.2) is 4.79 Å². The Balaban J connectivity index is 2.03. The largest absolute Gasteiger partial charge is 0.497 e. The fourth-order valence-corrected chi connectivity index (χ4v) is 4.15. The molecule has 0 spiro atoms. The molecule has 1 aromatic heterocycles. The number of rotatable bonds is 6. The maximum absolute atomic E-state index is 13.2. The molecule has 1 saturated heterocycles. The van der Waals surface area contributed by atoms with Gasteiger partial charge in [0.05, 0.1) is 38.0 Å². The fourth-order valence-electron chi connectivity index (χ4n) is 4.15. The number of hydrogen-bond acceptors (Lipinski definition) is 6. The van der Waals surface area contributed by atoms with Crippen LogP contribution in [-0.4, -0.2) is 50.2 Å². The van der Waals surface area contributed by atoms with Crippen LogP contribution in [0.5, 0.6) is 11.5 Å². The first-order chi connectivity index (χ1) is 15.6. The Morgan fingerprint density at radius 3 is 2.06 bits per heavy atom. The number of esters is 1. The Morgan fingerprint density at radius 1 is 0.939 bits per heavy atom. The van der Waals surface area contributed by atoms with E-state index in [0.29, 0.717) is 29.2 Å². The van der Waals surface area contributed by atoms with Gasteiger partial charge in [0.1, 0.15) is 5.69 Å². The van der Waals surface area contributed by atoms with E-state index in [1.807, 2.05) is 74.7 Å². The first-order valence-corrected chi connectivity index (χ1v) is 10.9. The average Bonchev–Trinajstić information content (AvgIpc) is 3.21. The third kappa shape index (κ3) is 3.87. The zero-order valence-corrected chi connectivity index (χ0v) is 20.2. The molecule has 174 valence electrons. The van der Waals surface area contributed by atoms with E-state index < -0.39 is 24.3 Å². The quantitative estimate of drug-likeness (QED) is 0.420. The molecule has 1 fully saturated rings. The average molecular weight is 451 g/mol. The summed E-state index contributed by atoms with van der Waals surface area (Å²) in [7, 11) is 3.79. The molecule has 33 heavy (non-hydrogen) atoms. The van der Waals surface area contributed by atoms with Crippen LogP contribution in [0.1, 0.15) is 43.7 Å². The van der Waals surface area contributed by atoms with Crippen LogP contribution in [0.3, 0.4) is 0 Å². The minimum Gasteiger partial charge on any atom is -0.493 e. The molecule has 0 N–H and O–H groups in total. The molecule has 0 atom stereocenters. The molecular weight excluding hydrogens is 421 g/mol. The third-order valence-electron chi connectivity index (χ3n) is 6.66. The normalized spacial score (nSPS) is 16.8. The lowest BCUT2D eigenvalue weighted by molar-refractivity contribution is 0.00578. The van der Waals surface area contributed by atoms with E-state index in [4.69, 9.17) is 23.5 Å². The van der Waals surface area contributed by atoms with Crippen molar-refractivity contribution in [2.24, 2.45) is 0 Å². The molecular formula is C25H30BNO6. The molecule has 0 saturated carbocycles. The van der Waals surface area contributed by atoms with E-state index in [1.165, 1.54) is 7.11 Å². The van der Waals surface area contributed by atoms with Crippen LogP contribution in [0.25, 0.3) is 10.9 Å². The standard InChI is InChI=1S/C25H30BNO6/c1-24(2)25(3,4)33-26(32-24)21-17-13-19(29-5)20(30-6)14-18(17)27(22(21)23(28)31-7)15-16-11-9-8-10-12-16/h8-14H,15H2,1-7H3. The zero-order chi connectivity index (χ0) is 24.0. The molecule has 2 aromatic carbocycles. The molecule has 8 heteroatoms. The predicted molar refractivity (Wildman–Crippen MR) is 128 cm³/mol. The van der Waals surface area contributed by atoms with Crippen LogP contribution < -0.4 is 14.9 Å². The molecule has 2 heterocycles. The predicted octanol–water partition coefficient (Wildman–Crippen LogP) is 3.79. The smallest absolute Gasteiger partial charge is 0.493 e. The molecule has 7 nitrogen and oxygen atoms in total. The highest BCUT2D eigenvalue weighted by Gasteiger charge is 2.54. The van der Waals surface area contributed by atoms with Gasteiger partial charge in [0.2, 0.25) is 0 Å². The highest BCUT2D eigenvalue weighted by molar-refractivity contribution is 6.67. The SMILES string of the molecule is COC(=O)c1c(B2OC(C)(C)C(C)(C)O2)c2cc(OC)c(OC)cc2n1Cc1ccccc1. The van der Waals surface area contributed by atoms with Gasteiger partial charge in [-0.15, -0.1) is 0 Å². The van der Waals surface area contributed by atoms with Crippen LogP contribution in [-0.2, 0) is 20.6 Å². The van der Waals surface area contributed by atoms with Gasteiger partial charge in [-0.2, -0.15) is 0 Å². The molecule has 3 aromatic rings. The number of nitrogens with zero attached hydrogens (tertiary/aromatic N) is 1. The Bertz CT molecular complexity index is 1170. The molecule has 0 unspecified atom stereocenters. The number of methoxy groups -OCH3 is 3. The van der Waals surface area contributed by atoms with Gasteiger partial charge in [-0.05, 0) is 39.3 Å². The maximum atomic E-state index is 13.2. The maximum Gasteiger partial charge on any atom is 0.497 e. The van der Waals surface area contributed by atoms with Crippen LogP contribution in [0.4, 0.5) is 0 Å². The van der Waals surface area contributed by atoms with Crippen LogP contribution in [0, 0.1) is 0 Å². The summed E-state index contributed by atoms with van der Waals surface area (Å²) >= 11 is 0. The summed E-state index contributed by atoms with van der Waals surface area (Å²) in [6.45, 7) is 8.39. The van der Waals surface area contributed by atoms with E-state index in [0.717, 1.165) is 16.5 Å². The van der Waals surface area contributed by atoms with Crippen molar-refractivity contribution in [2.45, 2.75) is 45.4 Å². The first kappa shape index (κ1) is 23.2. The van der Waals surface area contributed by atoms with Crippen molar-refractivity contribution in [2.75, 3.05) is 21.3 Å². The topological polar surface area (TPSA) is 68.2 Å². The molecule has 4 rings (SSSR count). The number of aromatic nitrogens is 1. The van der Waals surface area contributed by atoms with Crippen LogP contribution in [0.15, 0.2) is 42.5 Å². The molecule has 0 amide bonds. The molecule has 1 aliphatic rings. The van der Waals surface area contributed by atoms with Gasteiger partial charge in [-0.3, -0.25) is 0 Å². The lowest BCUT2D eigenvalue weighted by Gasteiger charge is -2.32. The zero-order valence-electron chi connectivity index (χ0n) is 20.2. The lowest BCUT2D eigenvalue weighted by atomic mass is 9.76. The first-order valence-electron chi connectivity index (χ1n) is 10.9. The number of carbonyl (C=O) groups excluding carboxylic acids is 1. The van der Waals surface area contributed by atoms with Gasteiger partial charge >= 0.3 is 13.1 Å². The second kappa shape index (κ2) is 8.43. The van der Waals surface area contributed by atoms with Crippen molar-refractivity contribution < 1.29 is 28.3 Å². The van der Waals surface area contributed by atoms with Crippen molar-refractivity contribution in [1.29, 1.82) is 0 Å². The molecule has 1 aliphatic heterocycles. The monoisotopic (exact) mass is 451 g/mol. The molecule has 0 aliphatic carbocycles. The van der Waals surface area contributed by atoms with Gasteiger partial charge in [0.25, 0.3) is 0 Å². The van der Waals surface area contributed by atoms with Crippen molar-refractivity contribution in [1.82, 2.24) is 4.57 Å². The fraction of sp³-hybridized carbons (Fsp3) is 0.400. The number of ether oxygens (including phenoxy) is 3. The second-order valence-corrected chi connectivity index (χ2v) is 9.14. The highest BCUT2D eigenvalue weighted by atomic mass is 16.7. The molecule has 0 bridgehead atoms. The Labute approximate surface area is 194 Å². The molecule has 0 radical (unpaired) electrons. The van der Waals surface area contributed by atoms with Gasteiger partial charge in [-0.1, -0.05) is 30.3 Å². The number of carbonyl (C=O) groups is 1. The van der Waals surface area contributed by atoms with Gasteiger partial charge in [0.15, 0.2) is 11.5 Å². The van der Waals surface area contributed by atoms with Gasteiger partial charge in [0, 0.05) is 23.5 Å².